The highest BCUT2D eigenvalue weighted by atomic mass is 16.4. The van der Waals surface area contributed by atoms with Gasteiger partial charge in [0, 0.05) is 6.42 Å². The van der Waals surface area contributed by atoms with Crippen molar-refractivity contribution in [3.8, 4) is 0 Å². The number of carbonyl (C=O) groups excluding carboxylic acids is 1. The van der Waals surface area contributed by atoms with Gasteiger partial charge in [0.1, 0.15) is 5.54 Å². The van der Waals surface area contributed by atoms with E-state index in [0.29, 0.717) is 31.6 Å². The quantitative estimate of drug-likeness (QED) is 0.846. The Morgan fingerprint density at radius 3 is 2.29 bits per heavy atom. The fraction of sp³-hybridized carbons (Fsp3) is 0.529. The van der Waals surface area contributed by atoms with Gasteiger partial charge in [0.05, 0.1) is 0 Å². The first kappa shape index (κ1) is 15.5. The van der Waals surface area contributed by atoms with E-state index in [9.17, 15) is 14.7 Å². The van der Waals surface area contributed by atoms with Crippen molar-refractivity contribution in [3.05, 3.63) is 35.4 Å². The molecule has 21 heavy (non-hydrogen) atoms. The van der Waals surface area contributed by atoms with Gasteiger partial charge in [-0.3, -0.25) is 4.79 Å². The predicted molar refractivity (Wildman–Crippen MR) is 81.2 cm³/mol. The molecule has 1 aliphatic rings. The Morgan fingerprint density at radius 2 is 1.86 bits per heavy atom. The highest BCUT2D eigenvalue weighted by Gasteiger charge is 2.45. The highest BCUT2D eigenvalue weighted by Crippen LogP contribution is 2.32. The first-order chi connectivity index (χ1) is 9.93. The van der Waals surface area contributed by atoms with Crippen LogP contribution in [0.1, 0.15) is 56.6 Å². The molecular formula is C17H23NO3. The lowest BCUT2D eigenvalue weighted by atomic mass is 9.76. The maximum atomic E-state index is 11.9. The van der Waals surface area contributed by atoms with Gasteiger partial charge in [-0.05, 0) is 42.7 Å². The summed E-state index contributed by atoms with van der Waals surface area (Å²) in [6.07, 6.45) is 2.91. The Labute approximate surface area is 125 Å². The molecule has 114 valence electrons. The van der Waals surface area contributed by atoms with Crippen molar-refractivity contribution < 1.29 is 14.7 Å². The summed E-state index contributed by atoms with van der Waals surface area (Å²) in [5.41, 5.74) is 1.38. The van der Waals surface area contributed by atoms with E-state index in [1.165, 1.54) is 5.56 Å². The zero-order valence-electron chi connectivity index (χ0n) is 12.7. The summed E-state index contributed by atoms with van der Waals surface area (Å²) >= 11 is 0. The Kier molecular flexibility index (Phi) is 4.66. The second-order valence-corrected chi connectivity index (χ2v) is 6.19. The number of carbonyl (C=O) groups is 2. The smallest absolute Gasteiger partial charge is 0.329 e. The van der Waals surface area contributed by atoms with Gasteiger partial charge in [0.25, 0.3) is 0 Å². The van der Waals surface area contributed by atoms with Crippen LogP contribution in [0.2, 0.25) is 0 Å². The van der Waals surface area contributed by atoms with Gasteiger partial charge < -0.3 is 10.4 Å². The first-order valence-corrected chi connectivity index (χ1v) is 7.56. The van der Waals surface area contributed by atoms with Crippen LogP contribution in [-0.2, 0) is 16.0 Å². The third-order valence-corrected chi connectivity index (χ3v) is 4.28. The molecule has 2 N–H and O–H groups in total. The van der Waals surface area contributed by atoms with Crippen molar-refractivity contribution in [3.63, 3.8) is 0 Å². The van der Waals surface area contributed by atoms with E-state index in [1.807, 2.05) is 12.1 Å². The number of rotatable bonds is 6. The molecule has 1 fully saturated rings. The van der Waals surface area contributed by atoms with Crippen molar-refractivity contribution in [2.24, 2.45) is 0 Å². The number of nitrogens with one attached hydrogen (secondary N) is 1. The van der Waals surface area contributed by atoms with E-state index >= 15 is 0 Å². The van der Waals surface area contributed by atoms with Crippen molar-refractivity contribution in [2.75, 3.05) is 0 Å². The lowest BCUT2D eigenvalue weighted by molar-refractivity contribution is -0.151. The van der Waals surface area contributed by atoms with Gasteiger partial charge in [-0.1, -0.05) is 38.1 Å². The van der Waals surface area contributed by atoms with E-state index in [2.05, 4.69) is 31.3 Å². The summed E-state index contributed by atoms with van der Waals surface area (Å²) in [4.78, 5) is 23.1. The molecule has 0 unspecified atom stereocenters. The summed E-state index contributed by atoms with van der Waals surface area (Å²) in [7, 11) is 0. The van der Waals surface area contributed by atoms with Crippen LogP contribution >= 0.6 is 0 Å². The van der Waals surface area contributed by atoms with Crippen LogP contribution in [0.15, 0.2) is 24.3 Å². The van der Waals surface area contributed by atoms with Gasteiger partial charge in [0.2, 0.25) is 5.91 Å². The molecule has 4 nitrogen and oxygen atoms in total. The van der Waals surface area contributed by atoms with E-state index in [1.54, 1.807) is 0 Å². The van der Waals surface area contributed by atoms with Crippen LogP contribution in [0.25, 0.3) is 0 Å². The fourth-order valence-electron chi connectivity index (χ4n) is 2.58. The van der Waals surface area contributed by atoms with Gasteiger partial charge >= 0.3 is 5.97 Å². The molecule has 0 saturated heterocycles. The highest BCUT2D eigenvalue weighted by molar-refractivity contribution is 5.87. The number of hydrogen-bond donors (Lipinski definition) is 2. The average Bonchev–Trinajstić information content (AvgIpc) is 2.40. The number of carboxylic acids is 1. The number of carboxylic acid groups (broad SMARTS) is 1. The number of hydrogen-bond acceptors (Lipinski definition) is 2. The Morgan fingerprint density at radius 1 is 1.24 bits per heavy atom. The molecule has 0 heterocycles. The molecule has 1 saturated carbocycles. The Bertz CT molecular complexity index is 515. The number of aliphatic carboxylic acids is 1. The molecule has 2 rings (SSSR count). The van der Waals surface area contributed by atoms with E-state index in [4.69, 9.17) is 0 Å². The lowest BCUT2D eigenvalue weighted by Gasteiger charge is -2.38. The molecule has 1 aliphatic carbocycles. The summed E-state index contributed by atoms with van der Waals surface area (Å²) in [5.74, 6) is -0.593. The van der Waals surface area contributed by atoms with Crippen molar-refractivity contribution in [2.45, 2.75) is 57.4 Å². The maximum absolute atomic E-state index is 11.9. The largest absolute Gasteiger partial charge is 0.480 e. The molecular weight excluding hydrogens is 266 g/mol. The Balaban J connectivity index is 1.85. The zero-order chi connectivity index (χ0) is 15.5. The van der Waals surface area contributed by atoms with Crippen LogP contribution in [0.4, 0.5) is 0 Å². The monoisotopic (exact) mass is 289 g/mol. The minimum absolute atomic E-state index is 0.176. The van der Waals surface area contributed by atoms with Crippen molar-refractivity contribution in [1.82, 2.24) is 5.32 Å². The molecule has 1 aromatic carbocycles. The molecule has 0 atom stereocenters. The van der Waals surface area contributed by atoms with Gasteiger partial charge in [-0.2, -0.15) is 0 Å². The normalized spacial score (nSPS) is 16.3. The number of benzene rings is 1. The summed E-state index contributed by atoms with van der Waals surface area (Å²) in [6.45, 7) is 4.29. The molecule has 0 aliphatic heterocycles. The summed E-state index contributed by atoms with van der Waals surface area (Å²) in [6, 6.07) is 8.25. The summed E-state index contributed by atoms with van der Waals surface area (Å²) in [5, 5.41) is 11.9. The van der Waals surface area contributed by atoms with Crippen LogP contribution in [0.3, 0.4) is 0 Å². The first-order valence-electron chi connectivity index (χ1n) is 7.56. The third-order valence-electron chi connectivity index (χ3n) is 4.28. The fourth-order valence-corrected chi connectivity index (χ4v) is 2.58. The molecule has 0 radical (unpaired) electrons. The summed E-state index contributed by atoms with van der Waals surface area (Å²) < 4.78 is 0. The molecule has 0 aromatic heterocycles. The average molecular weight is 289 g/mol. The lowest BCUT2D eigenvalue weighted by Crippen LogP contribution is -2.59. The van der Waals surface area contributed by atoms with E-state index < -0.39 is 11.5 Å². The topological polar surface area (TPSA) is 66.4 Å². The van der Waals surface area contributed by atoms with Crippen LogP contribution in [0.5, 0.6) is 0 Å². The minimum atomic E-state index is -1.00. The molecule has 1 amide bonds. The standard InChI is InChI=1S/C17H23NO3/c1-12(2)14-7-4-13(5-8-14)6-9-15(19)18-17(16(20)21)10-3-11-17/h4-5,7-8,12H,3,6,9-11H2,1-2H3,(H,18,19)(H,20,21). The SMILES string of the molecule is CC(C)c1ccc(CCC(=O)NC2(C(=O)O)CCC2)cc1. The van der Waals surface area contributed by atoms with E-state index in [-0.39, 0.29) is 5.91 Å². The second kappa shape index (κ2) is 6.29. The van der Waals surface area contributed by atoms with Crippen LogP contribution in [0, 0.1) is 0 Å². The van der Waals surface area contributed by atoms with Crippen molar-refractivity contribution >= 4 is 11.9 Å². The third kappa shape index (κ3) is 3.63. The molecule has 4 heteroatoms. The minimum Gasteiger partial charge on any atom is -0.480 e. The van der Waals surface area contributed by atoms with Gasteiger partial charge in [-0.25, -0.2) is 4.79 Å². The molecule has 0 spiro atoms. The van der Waals surface area contributed by atoms with Crippen LogP contribution < -0.4 is 5.32 Å². The maximum Gasteiger partial charge on any atom is 0.329 e. The van der Waals surface area contributed by atoms with Crippen molar-refractivity contribution in [1.29, 1.82) is 0 Å². The Hall–Kier alpha value is -1.84. The number of aryl methyl sites for hydroxylation is 1. The predicted octanol–water partition coefficient (Wildman–Crippen LogP) is 2.87. The molecule has 0 bridgehead atoms. The van der Waals surface area contributed by atoms with Gasteiger partial charge in [-0.15, -0.1) is 0 Å². The second-order valence-electron chi connectivity index (χ2n) is 6.19. The van der Waals surface area contributed by atoms with E-state index in [0.717, 1.165) is 12.0 Å². The van der Waals surface area contributed by atoms with Gasteiger partial charge in [0.15, 0.2) is 0 Å². The number of amides is 1. The molecule has 1 aromatic rings. The zero-order valence-corrected chi connectivity index (χ0v) is 12.7. The van der Waals surface area contributed by atoms with Crippen LogP contribution in [-0.4, -0.2) is 22.5 Å².